The average Bonchev–Trinajstić information content (AvgIpc) is 2.33. The minimum Gasteiger partial charge on any atom is -0.481 e. The van der Waals surface area contributed by atoms with E-state index < -0.39 is 9.70 Å². The van der Waals surface area contributed by atoms with Crippen molar-refractivity contribution in [3.05, 3.63) is 18.2 Å². The lowest BCUT2D eigenvalue weighted by Crippen LogP contribution is -2.35. The third kappa shape index (κ3) is 3.05. The van der Waals surface area contributed by atoms with Crippen molar-refractivity contribution in [2.45, 2.75) is 3.79 Å². The number of fused-ring (bicyclic) bond motifs is 1. The van der Waals surface area contributed by atoms with Gasteiger partial charge in [-0.1, -0.05) is 34.8 Å². The van der Waals surface area contributed by atoms with Crippen LogP contribution in [-0.2, 0) is 9.59 Å². The number of carbonyl (C=O) groups excluding carboxylic acids is 2. The lowest BCUT2D eigenvalue weighted by molar-refractivity contribution is -0.121. The molecule has 0 saturated carbocycles. The molecule has 1 aromatic rings. The quantitative estimate of drug-likeness (QED) is 0.807. The number of nitrogens with zero attached hydrogens (tertiary/aromatic N) is 1. The zero-order valence-electron chi connectivity index (χ0n) is 9.75. The Morgan fingerprint density at radius 1 is 1.42 bits per heavy atom. The van der Waals surface area contributed by atoms with Crippen LogP contribution in [0, 0.1) is 0 Å². The molecule has 0 aromatic heterocycles. The molecule has 5 nitrogen and oxygen atoms in total. The second-order valence-electron chi connectivity index (χ2n) is 3.88. The molecule has 0 aliphatic carbocycles. The number of halogens is 3. The van der Waals surface area contributed by atoms with Crippen molar-refractivity contribution in [2.75, 3.05) is 23.9 Å². The first-order valence-electron chi connectivity index (χ1n) is 5.20. The van der Waals surface area contributed by atoms with Crippen molar-refractivity contribution in [3.8, 4) is 5.75 Å². The number of amides is 2. The van der Waals surface area contributed by atoms with E-state index in [0.29, 0.717) is 17.1 Å². The number of rotatable bonds is 1. The molecule has 1 aromatic carbocycles. The number of benzene rings is 1. The first-order chi connectivity index (χ1) is 8.79. The zero-order valence-corrected chi connectivity index (χ0v) is 12.0. The minimum absolute atomic E-state index is 0.0502. The Hall–Kier alpha value is -1.17. The summed E-state index contributed by atoms with van der Waals surface area (Å²) in [6, 6.07) is 4.79. The first-order valence-corrected chi connectivity index (χ1v) is 6.34. The van der Waals surface area contributed by atoms with E-state index in [4.69, 9.17) is 39.5 Å². The SMILES string of the molecule is CN1C(=O)COc2cc(NC(=O)C(Cl)(Cl)Cl)ccc21. The van der Waals surface area contributed by atoms with E-state index in [9.17, 15) is 9.59 Å². The van der Waals surface area contributed by atoms with Crippen molar-refractivity contribution < 1.29 is 14.3 Å². The van der Waals surface area contributed by atoms with Crippen molar-refractivity contribution in [1.29, 1.82) is 0 Å². The molecule has 2 rings (SSSR count). The third-order valence-electron chi connectivity index (χ3n) is 2.56. The minimum atomic E-state index is -2.04. The third-order valence-corrected chi connectivity index (χ3v) is 3.08. The van der Waals surface area contributed by atoms with E-state index in [1.54, 1.807) is 25.2 Å². The topological polar surface area (TPSA) is 58.6 Å². The number of hydrogen-bond donors (Lipinski definition) is 1. The van der Waals surface area contributed by atoms with Crippen molar-refractivity contribution in [2.24, 2.45) is 0 Å². The highest BCUT2D eigenvalue weighted by atomic mass is 35.6. The maximum Gasteiger partial charge on any atom is 0.276 e. The van der Waals surface area contributed by atoms with Gasteiger partial charge >= 0.3 is 0 Å². The van der Waals surface area contributed by atoms with Gasteiger partial charge in [-0.2, -0.15) is 0 Å². The van der Waals surface area contributed by atoms with Crippen molar-refractivity contribution >= 4 is 58.0 Å². The summed E-state index contributed by atoms with van der Waals surface area (Å²) in [5, 5.41) is 2.44. The molecular formula is C11H9Cl3N2O3. The van der Waals surface area contributed by atoms with Gasteiger partial charge in [0.2, 0.25) is 0 Å². The molecular weight excluding hydrogens is 314 g/mol. The highest BCUT2D eigenvalue weighted by Crippen LogP contribution is 2.34. The summed E-state index contributed by atoms with van der Waals surface area (Å²) in [6.07, 6.45) is 0. The summed E-state index contributed by atoms with van der Waals surface area (Å²) in [7, 11) is 1.64. The Bertz CT molecular complexity index is 542. The fraction of sp³-hybridized carbons (Fsp3) is 0.273. The average molecular weight is 324 g/mol. The van der Waals surface area contributed by atoms with Gasteiger partial charge in [0.1, 0.15) is 5.75 Å². The first kappa shape index (κ1) is 14.2. The molecule has 1 aliphatic rings. The maximum absolute atomic E-state index is 11.5. The number of carbonyl (C=O) groups is 2. The number of hydrogen-bond acceptors (Lipinski definition) is 3. The fourth-order valence-corrected chi connectivity index (χ4v) is 1.70. The lowest BCUT2D eigenvalue weighted by atomic mass is 10.2. The van der Waals surface area contributed by atoms with Gasteiger partial charge in [-0.25, -0.2) is 0 Å². The van der Waals surface area contributed by atoms with E-state index in [2.05, 4.69) is 5.32 Å². The predicted octanol–water partition coefficient (Wildman–Crippen LogP) is 2.35. The molecule has 0 unspecified atom stereocenters. The molecule has 0 spiro atoms. The number of likely N-dealkylation sites (N-methyl/N-ethyl adjacent to an activating group) is 1. The summed E-state index contributed by atoms with van der Waals surface area (Å²) < 4.78 is 3.23. The smallest absolute Gasteiger partial charge is 0.276 e. The molecule has 0 fully saturated rings. The Morgan fingerprint density at radius 3 is 2.74 bits per heavy atom. The maximum atomic E-state index is 11.5. The van der Waals surface area contributed by atoms with Crippen LogP contribution in [0.4, 0.5) is 11.4 Å². The van der Waals surface area contributed by atoms with E-state index in [0.717, 1.165) is 0 Å². The molecule has 19 heavy (non-hydrogen) atoms. The molecule has 0 saturated heterocycles. The van der Waals surface area contributed by atoms with Gasteiger partial charge < -0.3 is 15.0 Å². The summed E-state index contributed by atoms with van der Waals surface area (Å²) in [5.74, 6) is -0.438. The Morgan fingerprint density at radius 2 is 2.11 bits per heavy atom. The molecule has 2 amide bonds. The predicted molar refractivity (Wildman–Crippen MR) is 74.3 cm³/mol. The van der Waals surface area contributed by atoms with Crippen LogP contribution in [0.3, 0.4) is 0 Å². The van der Waals surface area contributed by atoms with Gasteiger partial charge in [0, 0.05) is 18.8 Å². The van der Waals surface area contributed by atoms with Gasteiger partial charge in [0.25, 0.3) is 15.6 Å². The Kier molecular flexibility index (Phi) is 3.80. The molecule has 0 bridgehead atoms. The van der Waals surface area contributed by atoms with Gasteiger partial charge in [-0.05, 0) is 12.1 Å². The second-order valence-corrected chi connectivity index (χ2v) is 6.16. The summed E-state index contributed by atoms with van der Waals surface area (Å²) in [5.41, 5.74) is 1.03. The van der Waals surface area contributed by atoms with Gasteiger partial charge in [-0.3, -0.25) is 9.59 Å². The van der Waals surface area contributed by atoms with Crippen LogP contribution in [0.2, 0.25) is 0 Å². The molecule has 102 valence electrons. The van der Waals surface area contributed by atoms with Gasteiger partial charge in [0.15, 0.2) is 6.61 Å². The normalized spacial score (nSPS) is 14.7. The molecule has 0 atom stereocenters. The van der Waals surface area contributed by atoms with E-state index in [1.807, 2.05) is 0 Å². The summed E-state index contributed by atoms with van der Waals surface area (Å²) >= 11 is 16.4. The highest BCUT2D eigenvalue weighted by molar-refractivity contribution is 6.76. The van der Waals surface area contributed by atoms with Crippen LogP contribution >= 0.6 is 34.8 Å². The van der Waals surface area contributed by atoms with Crippen molar-refractivity contribution in [3.63, 3.8) is 0 Å². The largest absolute Gasteiger partial charge is 0.481 e. The number of ether oxygens (including phenoxy) is 1. The lowest BCUT2D eigenvalue weighted by Gasteiger charge is -2.26. The molecule has 0 radical (unpaired) electrons. The van der Waals surface area contributed by atoms with E-state index in [-0.39, 0.29) is 12.5 Å². The van der Waals surface area contributed by atoms with Crippen LogP contribution in [0.15, 0.2) is 18.2 Å². The Balaban J connectivity index is 2.23. The number of anilines is 2. The number of nitrogens with one attached hydrogen (secondary N) is 1. The van der Waals surface area contributed by atoms with Gasteiger partial charge in [0.05, 0.1) is 5.69 Å². The summed E-state index contributed by atoms with van der Waals surface area (Å²) in [6.45, 7) is -0.0502. The standard InChI is InChI=1S/C11H9Cl3N2O3/c1-16-7-3-2-6(15-10(18)11(12,13)14)4-8(7)19-5-9(16)17/h2-4H,5H2,1H3,(H,15,18). The zero-order chi connectivity index (χ0) is 14.2. The van der Waals surface area contributed by atoms with Crippen LogP contribution < -0.4 is 15.0 Å². The monoisotopic (exact) mass is 322 g/mol. The summed E-state index contributed by atoms with van der Waals surface area (Å²) in [4.78, 5) is 24.4. The molecule has 1 N–H and O–H groups in total. The fourth-order valence-electron chi connectivity index (χ4n) is 1.56. The van der Waals surface area contributed by atoms with E-state index in [1.165, 1.54) is 4.90 Å². The van der Waals surface area contributed by atoms with Crippen molar-refractivity contribution in [1.82, 2.24) is 0 Å². The highest BCUT2D eigenvalue weighted by Gasteiger charge is 2.31. The van der Waals surface area contributed by atoms with Crippen LogP contribution in [0.25, 0.3) is 0 Å². The van der Waals surface area contributed by atoms with Crippen LogP contribution in [-0.4, -0.2) is 29.3 Å². The van der Waals surface area contributed by atoms with E-state index >= 15 is 0 Å². The second kappa shape index (κ2) is 5.07. The molecule has 1 heterocycles. The Labute approximate surface area is 124 Å². The van der Waals surface area contributed by atoms with Crippen LogP contribution in [0.5, 0.6) is 5.75 Å². The molecule has 1 aliphatic heterocycles. The van der Waals surface area contributed by atoms with Crippen LogP contribution in [0.1, 0.15) is 0 Å². The number of alkyl halides is 3. The van der Waals surface area contributed by atoms with Gasteiger partial charge in [-0.15, -0.1) is 0 Å². The molecule has 8 heteroatoms.